The maximum absolute atomic E-state index is 12.4. The van der Waals surface area contributed by atoms with Crippen LogP contribution in [0.5, 0.6) is 0 Å². The predicted octanol–water partition coefficient (Wildman–Crippen LogP) is 6.94. The van der Waals surface area contributed by atoms with Crippen LogP contribution < -0.4 is 8.96 Å². The van der Waals surface area contributed by atoms with Gasteiger partial charge in [-0.1, -0.05) is 89.4 Å². The summed E-state index contributed by atoms with van der Waals surface area (Å²) in [6, 6.07) is 26.5. The molecule has 0 amide bonds. The molecule has 4 aromatic rings. The molecule has 0 radical (unpaired) electrons. The molecule has 2 aromatic heterocycles. The SMILES string of the molecule is CC[B-](CC)(OC(=O)c1ccccc1)[n+]1ccc(C)cc1.CC[B-](CC)(OC(=O)c1ccccc1)[n+]1ccc(C)cc1. The van der Waals surface area contributed by atoms with Gasteiger partial charge in [-0.25, -0.2) is 0 Å². The van der Waals surface area contributed by atoms with Crippen molar-refractivity contribution in [3.8, 4) is 0 Å². The summed E-state index contributed by atoms with van der Waals surface area (Å²) in [5.41, 5.74) is 3.58. The number of hydrogen-bond donors (Lipinski definition) is 0. The van der Waals surface area contributed by atoms with Crippen molar-refractivity contribution in [1.29, 1.82) is 0 Å². The fraction of sp³-hybridized carbons (Fsp3) is 0.294. The quantitative estimate of drug-likeness (QED) is 0.195. The lowest BCUT2D eigenvalue weighted by atomic mass is 9.46. The van der Waals surface area contributed by atoms with Crippen LogP contribution in [0.2, 0.25) is 25.3 Å². The molecule has 6 nitrogen and oxygen atoms in total. The van der Waals surface area contributed by atoms with Gasteiger partial charge in [-0.2, -0.15) is 0 Å². The Labute approximate surface area is 251 Å². The van der Waals surface area contributed by atoms with E-state index < -0.39 is 13.0 Å². The van der Waals surface area contributed by atoms with Crippen LogP contribution in [-0.2, 0) is 9.31 Å². The lowest BCUT2D eigenvalue weighted by molar-refractivity contribution is -0.561. The molecule has 2 aromatic carbocycles. The molecule has 0 aliphatic heterocycles. The maximum Gasteiger partial charge on any atom is 0.456 e. The van der Waals surface area contributed by atoms with Crippen molar-refractivity contribution in [3.63, 3.8) is 0 Å². The molecule has 4 rings (SSSR count). The molecular weight excluding hydrogens is 522 g/mol. The highest BCUT2D eigenvalue weighted by atomic mass is 16.5. The highest BCUT2D eigenvalue weighted by Gasteiger charge is 2.39. The van der Waals surface area contributed by atoms with E-state index >= 15 is 0 Å². The number of aryl methyl sites for hydroxylation is 2. The van der Waals surface area contributed by atoms with E-state index in [1.54, 1.807) is 24.3 Å². The Morgan fingerprint density at radius 3 is 1.07 bits per heavy atom. The number of hydrogen-bond acceptors (Lipinski definition) is 4. The molecule has 0 aliphatic rings. The van der Waals surface area contributed by atoms with Gasteiger partial charge in [0.1, 0.15) is 24.8 Å². The first-order chi connectivity index (χ1) is 20.2. The Kier molecular flexibility index (Phi) is 11.7. The predicted molar refractivity (Wildman–Crippen MR) is 171 cm³/mol. The summed E-state index contributed by atoms with van der Waals surface area (Å²) in [6.45, 7) is 9.56. The van der Waals surface area contributed by atoms with Crippen molar-refractivity contribution in [1.82, 2.24) is 0 Å². The molecule has 2 heterocycles. The Balaban J connectivity index is 0.000000230. The summed E-state index contributed by atoms with van der Waals surface area (Å²) < 4.78 is 16.0. The largest absolute Gasteiger partial charge is 0.628 e. The molecule has 0 saturated heterocycles. The van der Waals surface area contributed by atoms with E-state index in [0.29, 0.717) is 11.1 Å². The lowest BCUT2D eigenvalue weighted by Gasteiger charge is -2.32. The summed E-state index contributed by atoms with van der Waals surface area (Å²) in [7, 11) is 0. The van der Waals surface area contributed by atoms with E-state index in [1.807, 2.05) is 108 Å². The third kappa shape index (κ3) is 7.96. The van der Waals surface area contributed by atoms with Crippen LogP contribution in [0.4, 0.5) is 0 Å². The average molecular weight is 566 g/mol. The number of pyridine rings is 2. The van der Waals surface area contributed by atoms with Gasteiger partial charge in [0.05, 0.1) is 11.1 Å². The van der Waals surface area contributed by atoms with Crippen molar-refractivity contribution in [3.05, 3.63) is 132 Å². The van der Waals surface area contributed by atoms with Crippen molar-refractivity contribution in [2.75, 3.05) is 0 Å². The average Bonchev–Trinajstić information content (AvgIpc) is 3.04. The first kappa shape index (κ1) is 32.3. The number of carbonyl (C=O) groups is 2. The topological polar surface area (TPSA) is 60.4 Å². The minimum absolute atomic E-state index is 0.257. The zero-order valence-corrected chi connectivity index (χ0v) is 25.9. The summed E-state index contributed by atoms with van der Waals surface area (Å²) in [5.74, 6) is -0.514. The first-order valence-electron chi connectivity index (χ1n) is 15.1. The Morgan fingerprint density at radius 1 is 0.524 bits per heavy atom. The van der Waals surface area contributed by atoms with Crippen LogP contribution in [-0.4, -0.2) is 24.9 Å². The molecule has 0 aliphatic carbocycles. The second kappa shape index (κ2) is 15.2. The van der Waals surface area contributed by atoms with E-state index in [-0.39, 0.29) is 11.9 Å². The molecule has 42 heavy (non-hydrogen) atoms. The number of rotatable bonds is 10. The Bertz CT molecular complexity index is 1290. The maximum atomic E-state index is 12.4. The summed E-state index contributed by atoms with van der Waals surface area (Å²) in [4.78, 5) is 24.8. The van der Waals surface area contributed by atoms with Gasteiger partial charge in [-0.05, 0) is 73.5 Å². The monoisotopic (exact) mass is 566 g/mol. The van der Waals surface area contributed by atoms with Gasteiger partial charge >= 0.3 is 13.0 Å². The molecule has 0 saturated carbocycles. The van der Waals surface area contributed by atoms with Crippen LogP contribution in [0.25, 0.3) is 0 Å². The van der Waals surface area contributed by atoms with Crippen LogP contribution in [0.15, 0.2) is 110 Å². The highest BCUT2D eigenvalue weighted by Crippen LogP contribution is 2.17. The Hall–Kier alpha value is -4.19. The van der Waals surface area contributed by atoms with Gasteiger partial charge in [-0.3, -0.25) is 9.59 Å². The third-order valence-corrected chi connectivity index (χ3v) is 8.35. The van der Waals surface area contributed by atoms with E-state index in [4.69, 9.17) is 9.31 Å². The smallest absolute Gasteiger partial charge is 0.456 e. The molecule has 0 bridgehead atoms. The van der Waals surface area contributed by atoms with E-state index in [0.717, 1.165) is 25.3 Å². The van der Waals surface area contributed by atoms with Crippen LogP contribution in [0.3, 0.4) is 0 Å². The summed E-state index contributed by atoms with van der Waals surface area (Å²) in [5, 5.41) is 0. The lowest BCUT2D eigenvalue weighted by Crippen LogP contribution is -2.66. The first-order valence-corrected chi connectivity index (χ1v) is 15.1. The molecule has 0 fully saturated rings. The van der Waals surface area contributed by atoms with E-state index in [2.05, 4.69) is 27.7 Å². The molecular formula is C34H44B2N2O4. The Morgan fingerprint density at radius 2 is 0.810 bits per heavy atom. The molecule has 0 N–H and O–H groups in total. The second-order valence-corrected chi connectivity index (χ2v) is 11.0. The second-order valence-electron chi connectivity index (χ2n) is 11.0. The van der Waals surface area contributed by atoms with E-state index in [1.165, 1.54) is 11.1 Å². The number of carbonyl (C=O) groups excluding carboxylic acids is 2. The van der Waals surface area contributed by atoms with Crippen molar-refractivity contribution < 1.29 is 27.9 Å². The van der Waals surface area contributed by atoms with Crippen LogP contribution in [0.1, 0.15) is 59.5 Å². The van der Waals surface area contributed by atoms with Gasteiger partial charge < -0.3 is 18.3 Å². The van der Waals surface area contributed by atoms with Gasteiger partial charge in [0.25, 0.3) is 11.9 Å². The molecule has 0 atom stereocenters. The van der Waals surface area contributed by atoms with Gasteiger partial charge in [-0.15, -0.1) is 0 Å². The molecule has 0 spiro atoms. The number of benzene rings is 2. The van der Waals surface area contributed by atoms with Crippen LogP contribution in [0, 0.1) is 13.8 Å². The van der Waals surface area contributed by atoms with Gasteiger partial charge in [0.15, 0.2) is 0 Å². The molecule has 220 valence electrons. The van der Waals surface area contributed by atoms with Crippen molar-refractivity contribution in [2.45, 2.75) is 66.8 Å². The number of aromatic nitrogens is 2. The molecule has 8 heteroatoms. The fourth-order valence-corrected chi connectivity index (χ4v) is 5.21. The minimum Gasteiger partial charge on any atom is -0.628 e. The minimum atomic E-state index is -1.40. The third-order valence-electron chi connectivity index (χ3n) is 8.35. The molecule has 0 unspecified atom stereocenters. The zero-order valence-electron chi connectivity index (χ0n) is 25.9. The van der Waals surface area contributed by atoms with E-state index in [9.17, 15) is 9.59 Å². The highest BCUT2D eigenvalue weighted by molar-refractivity contribution is 6.67. The fourth-order valence-electron chi connectivity index (χ4n) is 5.21. The zero-order chi connectivity index (χ0) is 30.6. The van der Waals surface area contributed by atoms with Crippen molar-refractivity contribution in [2.24, 2.45) is 0 Å². The summed E-state index contributed by atoms with van der Waals surface area (Å²) in [6.07, 6.45) is 11.1. The number of nitrogens with zero attached hydrogens (tertiary/aromatic N) is 2. The van der Waals surface area contributed by atoms with Crippen molar-refractivity contribution >= 4 is 24.9 Å². The van der Waals surface area contributed by atoms with Crippen LogP contribution >= 0.6 is 0 Å². The normalized spacial score (nSPS) is 11.2. The summed E-state index contributed by atoms with van der Waals surface area (Å²) >= 11 is 0. The van der Waals surface area contributed by atoms with Gasteiger partial charge in [0, 0.05) is 0 Å². The van der Waals surface area contributed by atoms with Gasteiger partial charge in [0.2, 0.25) is 0 Å². The standard InChI is InChI=1S/2C17H22BNO2/c2*1-4-18(5-2,19-13-11-15(3)12-14-19)21-17(20)16-9-7-6-8-10-16/h2*6-14H,4-5H2,1-3H3.